The van der Waals surface area contributed by atoms with Gasteiger partial charge in [0.15, 0.2) is 0 Å². The van der Waals surface area contributed by atoms with Gasteiger partial charge in [0.1, 0.15) is 0 Å². The molecular formula is C20H22N4O3S. The molecule has 1 saturated heterocycles. The van der Waals surface area contributed by atoms with E-state index >= 15 is 0 Å². The zero-order valence-corrected chi connectivity index (χ0v) is 16.2. The third-order valence-electron chi connectivity index (χ3n) is 5.03. The summed E-state index contributed by atoms with van der Waals surface area (Å²) < 4.78 is 26.9. The maximum absolute atomic E-state index is 12.7. The number of nitrogens with zero attached hydrogens (tertiary/aromatic N) is 2. The van der Waals surface area contributed by atoms with Crippen molar-refractivity contribution >= 4 is 26.8 Å². The molecule has 2 heterocycles. The van der Waals surface area contributed by atoms with Crippen molar-refractivity contribution in [2.75, 3.05) is 13.1 Å². The third-order valence-corrected chi connectivity index (χ3v) is 6.94. The molecule has 2 aromatic carbocycles. The van der Waals surface area contributed by atoms with Crippen molar-refractivity contribution in [2.24, 2.45) is 0 Å². The first-order chi connectivity index (χ1) is 13.5. The van der Waals surface area contributed by atoms with Crippen molar-refractivity contribution in [3.8, 4) is 0 Å². The predicted molar refractivity (Wildman–Crippen MR) is 106 cm³/mol. The van der Waals surface area contributed by atoms with Gasteiger partial charge in [0.05, 0.1) is 16.6 Å². The van der Waals surface area contributed by atoms with Gasteiger partial charge in [-0.25, -0.2) is 8.42 Å². The van der Waals surface area contributed by atoms with E-state index in [1.54, 1.807) is 46.9 Å². The first kappa shape index (κ1) is 18.6. The molecule has 1 aliphatic rings. The van der Waals surface area contributed by atoms with Gasteiger partial charge in [-0.1, -0.05) is 18.6 Å². The molecule has 7 nitrogen and oxygen atoms in total. The van der Waals surface area contributed by atoms with E-state index in [4.69, 9.17) is 0 Å². The van der Waals surface area contributed by atoms with Crippen LogP contribution in [0, 0.1) is 0 Å². The molecule has 1 aromatic heterocycles. The Bertz CT molecular complexity index is 1080. The molecule has 2 N–H and O–H groups in total. The zero-order valence-electron chi connectivity index (χ0n) is 15.4. The van der Waals surface area contributed by atoms with Crippen LogP contribution < -0.4 is 5.32 Å². The fourth-order valence-electron chi connectivity index (χ4n) is 3.40. The lowest BCUT2D eigenvalue weighted by Crippen LogP contribution is -2.35. The molecule has 0 bridgehead atoms. The Hall–Kier alpha value is -2.71. The number of carbonyl (C=O) groups excluding carboxylic acids is 1. The van der Waals surface area contributed by atoms with E-state index in [-0.39, 0.29) is 5.91 Å². The number of nitrogens with one attached hydrogen (secondary N) is 2. The highest BCUT2D eigenvalue weighted by Crippen LogP contribution is 2.21. The molecule has 0 aliphatic carbocycles. The maximum Gasteiger partial charge on any atom is 0.251 e. The van der Waals surface area contributed by atoms with E-state index in [0.29, 0.717) is 30.1 Å². The van der Waals surface area contributed by atoms with Crippen molar-refractivity contribution in [3.63, 3.8) is 0 Å². The standard InChI is InChI=1S/C20H22N4O3S/c25-20(16-6-9-19-17(12-16)14-22-23-19)21-13-15-4-7-18(8-5-15)28(26,27)24-10-2-1-3-11-24/h4-9,12,14H,1-3,10-11,13H2,(H,21,25)(H,22,23). The van der Waals surface area contributed by atoms with Gasteiger partial charge in [0.25, 0.3) is 5.91 Å². The van der Waals surface area contributed by atoms with E-state index in [1.165, 1.54) is 0 Å². The van der Waals surface area contributed by atoms with Gasteiger partial charge in [-0.15, -0.1) is 0 Å². The second-order valence-electron chi connectivity index (χ2n) is 6.96. The van der Waals surface area contributed by atoms with Gasteiger partial charge >= 0.3 is 0 Å². The van der Waals surface area contributed by atoms with E-state index in [2.05, 4.69) is 15.5 Å². The summed E-state index contributed by atoms with van der Waals surface area (Å²) >= 11 is 0. The minimum atomic E-state index is -3.43. The Labute approximate surface area is 163 Å². The molecule has 1 aliphatic heterocycles. The molecule has 0 spiro atoms. The van der Waals surface area contributed by atoms with Crippen LogP contribution in [-0.2, 0) is 16.6 Å². The number of benzene rings is 2. The number of rotatable bonds is 5. The summed E-state index contributed by atoms with van der Waals surface area (Å²) in [6.07, 6.45) is 4.58. The molecule has 146 valence electrons. The van der Waals surface area contributed by atoms with Crippen LogP contribution in [0.3, 0.4) is 0 Å². The number of fused-ring (bicyclic) bond motifs is 1. The number of carbonyl (C=O) groups is 1. The van der Waals surface area contributed by atoms with Gasteiger partial charge in [0, 0.05) is 30.6 Å². The summed E-state index contributed by atoms with van der Waals surface area (Å²) in [5.74, 6) is -0.187. The molecule has 1 fully saturated rings. The fraction of sp³-hybridized carbons (Fsp3) is 0.300. The fourth-order valence-corrected chi connectivity index (χ4v) is 4.92. The first-order valence-corrected chi connectivity index (χ1v) is 10.8. The molecule has 8 heteroatoms. The minimum Gasteiger partial charge on any atom is -0.348 e. The van der Waals surface area contributed by atoms with Crippen molar-refractivity contribution in [3.05, 3.63) is 59.8 Å². The average molecular weight is 398 g/mol. The summed E-state index contributed by atoms with van der Waals surface area (Å²) in [6.45, 7) is 1.49. The average Bonchev–Trinajstić information content (AvgIpc) is 3.21. The van der Waals surface area contributed by atoms with E-state index in [9.17, 15) is 13.2 Å². The predicted octanol–water partition coefficient (Wildman–Crippen LogP) is 2.67. The normalized spacial score (nSPS) is 15.6. The van der Waals surface area contributed by atoms with Crippen LogP contribution >= 0.6 is 0 Å². The highest BCUT2D eigenvalue weighted by atomic mass is 32.2. The number of sulfonamides is 1. The maximum atomic E-state index is 12.7. The van der Waals surface area contributed by atoms with Crippen LogP contribution in [0.15, 0.2) is 53.6 Å². The number of aromatic amines is 1. The molecule has 0 unspecified atom stereocenters. The van der Waals surface area contributed by atoms with Crippen molar-refractivity contribution < 1.29 is 13.2 Å². The molecular weight excluding hydrogens is 376 g/mol. The lowest BCUT2D eigenvalue weighted by Gasteiger charge is -2.25. The van der Waals surface area contributed by atoms with Crippen LogP contribution in [0.5, 0.6) is 0 Å². The van der Waals surface area contributed by atoms with Gasteiger partial charge in [-0.2, -0.15) is 9.40 Å². The van der Waals surface area contributed by atoms with Crippen LogP contribution in [0.1, 0.15) is 35.2 Å². The van der Waals surface area contributed by atoms with E-state index in [0.717, 1.165) is 35.7 Å². The summed E-state index contributed by atoms with van der Waals surface area (Å²) in [7, 11) is -3.43. The molecule has 0 saturated carbocycles. The monoisotopic (exact) mass is 398 g/mol. The number of amides is 1. The molecule has 0 radical (unpaired) electrons. The third kappa shape index (κ3) is 3.79. The highest BCUT2D eigenvalue weighted by molar-refractivity contribution is 7.89. The smallest absolute Gasteiger partial charge is 0.251 e. The number of H-pyrrole nitrogens is 1. The number of aromatic nitrogens is 2. The Balaban J connectivity index is 1.40. The molecule has 4 rings (SSSR count). The minimum absolute atomic E-state index is 0.187. The Morgan fingerprint density at radius 3 is 2.57 bits per heavy atom. The lowest BCUT2D eigenvalue weighted by molar-refractivity contribution is 0.0951. The van der Waals surface area contributed by atoms with Gasteiger partial charge in [-0.3, -0.25) is 9.89 Å². The second-order valence-corrected chi connectivity index (χ2v) is 8.90. The highest BCUT2D eigenvalue weighted by Gasteiger charge is 2.25. The van der Waals surface area contributed by atoms with Crippen LogP contribution in [0.25, 0.3) is 10.9 Å². The van der Waals surface area contributed by atoms with Crippen LogP contribution in [0.2, 0.25) is 0 Å². The largest absolute Gasteiger partial charge is 0.348 e. The number of piperidine rings is 1. The van der Waals surface area contributed by atoms with Crippen LogP contribution in [-0.4, -0.2) is 41.9 Å². The molecule has 1 amide bonds. The summed E-state index contributed by atoms with van der Waals surface area (Å²) in [5, 5.41) is 10.5. The van der Waals surface area contributed by atoms with Gasteiger partial charge < -0.3 is 5.32 Å². The second kappa shape index (κ2) is 7.73. The Morgan fingerprint density at radius 1 is 1.07 bits per heavy atom. The van der Waals surface area contributed by atoms with Crippen molar-refractivity contribution in [2.45, 2.75) is 30.7 Å². The number of hydrogen-bond donors (Lipinski definition) is 2. The number of hydrogen-bond acceptors (Lipinski definition) is 4. The van der Waals surface area contributed by atoms with Gasteiger partial charge in [0.2, 0.25) is 10.0 Å². The molecule has 3 aromatic rings. The molecule has 28 heavy (non-hydrogen) atoms. The lowest BCUT2D eigenvalue weighted by atomic mass is 10.1. The summed E-state index contributed by atoms with van der Waals surface area (Å²) in [4.78, 5) is 12.7. The van der Waals surface area contributed by atoms with E-state index < -0.39 is 10.0 Å². The van der Waals surface area contributed by atoms with Crippen molar-refractivity contribution in [1.29, 1.82) is 0 Å². The van der Waals surface area contributed by atoms with E-state index in [1.807, 2.05) is 6.07 Å². The van der Waals surface area contributed by atoms with Crippen LogP contribution in [0.4, 0.5) is 0 Å². The summed E-state index contributed by atoms with van der Waals surface area (Å²) in [5.41, 5.74) is 2.27. The van der Waals surface area contributed by atoms with Crippen molar-refractivity contribution in [1.82, 2.24) is 19.8 Å². The zero-order chi connectivity index (χ0) is 19.6. The Kier molecular flexibility index (Phi) is 5.15. The Morgan fingerprint density at radius 2 is 1.82 bits per heavy atom. The topological polar surface area (TPSA) is 95.2 Å². The van der Waals surface area contributed by atoms with Gasteiger partial charge in [-0.05, 0) is 48.7 Å². The summed E-state index contributed by atoms with van der Waals surface area (Å²) in [6, 6.07) is 12.1. The quantitative estimate of drug-likeness (QED) is 0.691. The SMILES string of the molecule is O=C(NCc1ccc(S(=O)(=O)N2CCCCC2)cc1)c1ccc2[nH]ncc2c1. The first-order valence-electron chi connectivity index (χ1n) is 9.34. The molecule has 0 atom stereocenters.